The van der Waals surface area contributed by atoms with E-state index in [4.69, 9.17) is 5.73 Å². The van der Waals surface area contributed by atoms with Crippen molar-refractivity contribution in [3.05, 3.63) is 28.2 Å². The maximum Gasteiger partial charge on any atom is 0.225 e. The Labute approximate surface area is 121 Å². The fourth-order valence-electron chi connectivity index (χ4n) is 3.23. The molecule has 0 radical (unpaired) electrons. The minimum atomic E-state index is 0.137. The molecule has 3 N–H and O–H groups in total. The number of halogens is 1. The zero-order valence-corrected chi connectivity index (χ0v) is 12.3. The minimum absolute atomic E-state index is 0.137. The predicted molar refractivity (Wildman–Crippen MR) is 78.9 cm³/mol. The molecule has 2 heterocycles. The van der Waals surface area contributed by atoms with E-state index in [9.17, 15) is 4.79 Å². The van der Waals surface area contributed by atoms with Gasteiger partial charge >= 0.3 is 0 Å². The van der Waals surface area contributed by atoms with Crippen LogP contribution in [0.2, 0.25) is 0 Å². The van der Waals surface area contributed by atoms with E-state index in [1.807, 2.05) is 6.07 Å². The summed E-state index contributed by atoms with van der Waals surface area (Å²) in [7, 11) is 0. The summed E-state index contributed by atoms with van der Waals surface area (Å²) >= 11 is 3.53. The monoisotopic (exact) mass is 323 g/mol. The van der Waals surface area contributed by atoms with Crippen molar-refractivity contribution in [3.63, 3.8) is 0 Å². The molecule has 2 atom stereocenters. The number of nitrogens with zero attached hydrogens (tertiary/aromatic N) is 1. The second-order valence-electron chi connectivity index (χ2n) is 5.23. The summed E-state index contributed by atoms with van der Waals surface area (Å²) in [6.45, 7) is 2.28. The maximum absolute atomic E-state index is 11.8. The van der Waals surface area contributed by atoms with Gasteiger partial charge in [0.15, 0.2) is 0 Å². The molecule has 2 aliphatic heterocycles. The molecule has 2 saturated heterocycles. The Hall–Kier alpha value is -1.07. The van der Waals surface area contributed by atoms with E-state index in [0.29, 0.717) is 6.54 Å². The lowest BCUT2D eigenvalue weighted by molar-refractivity contribution is -0.122. The van der Waals surface area contributed by atoms with Crippen molar-refractivity contribution in [2.45, 2.75) is 25.4 Å². The van der Waals surface area contributed by atoms with Gasteiger partial charge in [0.25, 0.3) is 0 Å². The normalized spacial score (nSPS) is 26.2. The molecule has 19 heavy (non-hydrogen) atoms. The third kappa shape index (κ3) is 2.25. The predicted octanol–water partition coefficient (Wildman–Crippen LogP) is 1.62. The molecule has 2 unspecified atom stereocenters. The van der Waals surface area contributed by atoms with Crippen LogP contribution in [-0.4, -0.2) is 25.0 Å². The first-order valence-electron chi connectivity index (χ1n) is 6.73. The van der Waals surface area contributed by atoms with Crippen LogP contribution in [0.25, 0.3) is 0 Å². The van der Waals surface area contributed by atoms with Crippen LogP contribution in [0.5, 0.6) is 0 Å². The molecule has 2 aliphatic rings. The number of hydrogen-bond donors (Lipinski definition) is 2. The van der Waals surface area contributed by atoms with Crippen LogP contribution >= 0.6 is 15.9 Å². The third-order valence-electron chi connectivity index (χ3n) is 4.18. The maximum atomic E-state index is 11.8. The Balaban J connectivity index is 1.97. The Morgan fingerprint density at radius 2 is 2.32 bits per heavy atom. The number of amides is 1. The summed E-state index contributed by atoms with van der Waals surface area (Å²) < 4.78 is 1.05. The highest BCUT2D eigenvalue weighted by molar-refractivity contribution is 9.10. The zero-order chi connectivity index (χ0) is 13.4. The van der Waals surface area contributed by atoms with Crippen molar-refractivity contribution in [1.82, 2.24) is 5.32 Å². The number of carbonyl (C=O) groups excluding carboxylic acids is 1. The van der Waals surface area contributed by atoms with E-state index in [1.54, 1.807) is 0 Å². The molecule has 5 heteroatoms. The summed E-state index contributed by atoms with van der Waals surface area (Å²) in [6, 6.07) is 6.48. The van der Waals surface area contributed by atoms with E-state index >= 15 is 0 Å². The first-order valence-corrected chi connectivity index (χ1v) is 7.53. The van der Waals surface area contributed by atoms with Gasteiger partial charge in [0, 0.05) is 29.8 Å². The second kappa shape index (κ2) is 5.13. The first kappa shape index (κ1) is 12.9. The van der Waals surface area contributed by atoms with Crippen molar-refractivity contribution in [2.75, 3.05) is 18.0 Å². The highest BCUT2D eigenvalue weighted by atomic mass is 79.9. The van der Waals surface area contributed by atoms with Crippen molar-refractivity contribution >= 4 is 27.5 Å². The molecule has 0 saturated carbocycles. The van der Waals surface area contributed by atoms with Crippen LogP contribution in [0, 0.1) is 5.92 Å². The summed E-state index contributed by atoms with van der Waals surface area (Å²) in [5, 5.41) is 2.99. The smallest absolute Gasteiger partial charge is 0.225 e. The Kier molecular flexibility index (Phi) is 3.50. The largest absolute Gasteiger partial charge is 0.366 e. The van der Waals surface area contributed by atoms with E-state index < -0.39 is 0 Å². The fourth-order valence-corrected chi connectivity index (χ4v) is 3.58. The fraction of sp³-hybridized carbons (Fsp3) is 0.500. The number of nitrogens with one attached hydrogen (secondary N) is 1. The Bertz CT molecular complexity index is 505. The van der Waals surface area contributed by atoms with Crippen LogP contribution in [0.15, 0.2) is 22.7 Å². The molecule has 4 nitrogen and oxygen atoms in total. The van der Waals surface area contributed by atoms with Crippen LogP contribution in [0.4, 0.5) is 5.69 Å². The van der Waals surface area contributed by atoms with Gasteiger partial charge in [-0.1, -0.05) is 22.0 Å². The average Bonchev–Trinajstić information content (AvgIpc) is 2.81. The molecule has 0 aliphatic carbocycles. The highest BCUT2D eigenvalue weighted by Gasteiger charge is 2.41. The van der Waals surface area contributed by atoms with Gasteiger partial charge in [-0.05, 0) is 30.5 Å². The van der Waals surface area contributed by atoms with Gasteiger partial charge in [-0.2, -0.15) is 0 Å². The number of nitrogens with two attached hydrogens (primary N) is 1. The van der Waals surface area contributed by atoms with E-state index in [-0.39, 0.29) is 17.9 Å². The molecule has 1 amide bonds. The Morgan fingerprint density at radius 3 is 3.11 bits per heavy atom. The molecule has 3 rings (SSSR count). The van der Waals surface area contributed by atoms with Gasteiger partial charge in [0.2, 0.25) is 5.91 Å². The molecule has 0 spiro atoms. The summed E-state index contributed by atoms with van der Waals surface area (Å²) in [4.78, 5) is 14.2. The number of piperidine rings is 1. The van der Waals surface area contributed by atoms with E-state index in [2.05, 4.69) is 38.3 Å². The standard InChI is InChI=1S/C14H18BrN3O/c15-10-4-3-9(7-16)12(6-10)18-5-1-2-11-13(18)8-17-14(11)19/h3-4,6,11,13H,1-2,5,7-8,16H2,(H,17,19). The second-order valence-corrected chi connectivity index (χ2v) is 6.15. The van der Waals surface area contributed by atoms with Crippen molar-refractivity contribution in [3.8, 4) is 0 Å². The number of fused-ring (bicyclic) bond motifs is 1. The molecule has 0 aromatic heterocycles. The lowest BCUT2D eigenvalue weighted by Gasteiger charge is -2.38. The van der Waals surface area contributed by atoms with Gasteiger partial charge in [-0.25, -0.2) is 0 Å². The SMILES string of the molecule is NCc1ccc(Br)cc1N1CCCC2C(=O)NCC21. The number of anilines is 1. The summed E-state index contributed by atoms with van der Waals surface area (Å²) in [6.07, 6.45) is 2.06. The molecule has 102 valence electrons. The zero-order valence-electron chi connectivity index (χ0n) is 10.7. The highest BCUT2D eigenvalue weighted by Crippen LogP contribution is 2.34. The number of hydrogen-bond acceptors (Lipinski definition) is 3. The van der Waals surface area contributed by atoms with E-state index in [0.717, 1.165) is 36.0 Å². The molecular formula is C14H18BrN3O. The van der Waals surface area contributed by atoms with Crippen LogP contribution in [-0.2, 0) is 11.3 Å². The van der Waals surface area contributed by atoms with Crippen molar-refractivity contribution < 1.29 is 4.79 Å². The molecule has 1 aromatic rings. The number of benzene rings is 1. The van der Waals surface area contributed by atoms with Crippen LogP contribution < -0.4 is 16.0 Å². The molecular weight excluding hydrogens is 306 g/mol. The third-order valence-corrected chi connectivity index (χ3v) is 4.67. The van der Waals surface area contributed by atoms with Gasteiger partial charge < -0.3 is 16.0 Å². The Morgan fingerprint density at radius 1 is 1.47 bits per heavy atom. The lowest BCUT2D eigenvalue weighted by atomic mass is 9.90. The minimum Gasteiger partial charge on any atom is -0.366 e. The molecule has 0 bridgehead atoms. The molecule has 1 aromatic carbocycles. The molecule has 2 fully saturated rings. The number of carbonyl (C=O) groups is 1. The van der Waals surface area contributed by atoms with Crippen LogP contribution in [0.1, 0.15) is 18.4 Å². The quantitative estimate of drug-likeness (QED) is 0.869. The van der Waals surface area contributed by atoms with Gasteiger partial charge in [-0.15, -0.1) is 0 Å². The van der Waals surface area contributed by atoms with Gasteiger partial charge in [-0.3, -0.25) is 4.79 Å². The van der Waals surface area contributed by atoms with Crippen LogP contribution in [0.3, 0.4) is 0 Å². The number of rotatable bonds is 2. The summed E-state index contributed by atoms with van der Waals surface area (Å²) in [5.41, 5.74) is 8.16. The van der Waals surface area contributed by atoms with Gasteiger partial charge in [0.05, 0.1) is 12.0 Å². The van der Waals surface area contributed by atoms with Gasteiger partial charge in [0.1, 0.15) is 0 Å². The van der Waals surface area contributed by atoms with E-state index in [1.165, 1.54) is 5.69 Å². The summed E-state index contributed by atoms with van der Waals surface area (Å²) in [5.74, 6) is 0.345. The topological polar surface area (TPSA) is 58.4 Å². The van der Waals surface area contributed by atoms with Crippen molar-refractivity contribution in [2.24, 2.45) is 11.7 Å². The first-order chi connectivity index (χ1) is 9.20. The average molecular weight is 324 g/mol. The van der Waals surface area contributed by atoms with Crippen molar-refractivity contribution in [1.29, 1.82) is 0 Å². The lowest BCUT2D eigenvalue weighted by Crippen LogP contribution is -2.46.